The minimum atomic E-state index is -0.0199. The summed E-state index contributed by atoms with van der Waals surface area (Å²) in [5.74, 6) is 0.840. The molecule has 3 rings (SSSR count). The molecule has 2 aromatic heterocycles. The lowest BCUT2D eigenvalue weighted by Gasteiger charge is -2.09. The number of H-pyrrole nitrogens is 1. The highest BCUT2D eigenvalue weighted by atomic mass is 79.9. The molecule has 0 aliphatic rings. The van der Waals surface area contributed by atoms with E-state index >= 15 is 0 Å². The van der Waals surface area contributed by atoms with E-state index in [1.54, 1.807) is 0 Å². The van der Waals surface area contributed by atoms with Crippen molar-refractivity contribution in [2.45, 2.75) is 33.4 Å². The standard InChI is InChI=1S/C17H20BrN5OS/c1-3-22-14(20-21-17(22)25)8-9-19-15(24)10-23-11(2)16(18)12-6-4-5-7-13(12)23/h4-7H,3,8-10H2,1-2H3,(H,19,24)(H,21,25). The molecule has 6 nitrogen and oxygen atoms in total. The predicted octanol–water partition coefficient (Wildman–Crippen LogP) is 3.35. The third kappa shape index (κ3) is 3.55. The number of nitrogens with zero attached hydrogens (tertiary/aromatic N) is 3. The number of benzene rings is 1. The maximum atomic E-state index is 12.4. The van der Waals surface area contributed by atoms with Gasteiger partial charge in [0.15, 0.2) is 4.77 Å². The number of carbonyl (C=O) groups excluding carboxylic acids is 1. The quantitative estimate of drug-likeness (QED) is 0.599. The molecule has 25 heavy (non-hydrogen) atoms. The van der Waals surface area contributed by atoms with Crippen molar-refractivity contribution < 1.29 is 4.79 Å². The summed E-state index contributed by atoms with van der Waals surface area (Å²) in [6, 6.07) is 8.06. The van der Waals surface area contributed by atoms with Crippen molar-refractivity contribution in [2.24, 2.45) is 0 Å². The van der Waals surface area contributed by atoms with Crippen LogP contribution in [0.25, 0.3) is 10.9 Å². The Bertz CT molecular complexity index is 971. The Morgan fingerprint density at radius 2 is 2.12 bits per heavy atom. The molecule has 3 aromatic rings. The molecule has 0 fully saturated rings. The minimum absolute atomic E-state index is 0.0199. The van der Waals surface area contributed by atoms with Crippen molar-refractivity contribution in [3.05, 3.63) is 45.0 Å². The molecule has 1 amide bonds. The van der Waals surface area contributed by atoms with Gasteiger partial charge in [-0.3, -0.25) is 9.89 Å². The van der Waals surface area contributed by atoms with Gasteiger partial charge in [-0.05, 0) is 48.1 Å². The lowest BCUT2D eigenvalue weighted by Crippen LogP contribution is -2.30. The van der Waals surface area contributed by atoms with Gasteiger partial charge in [-0.1, -0.05) is 18.2 Å². The topological polar surface area (TPSA) is 67.6 Å². The Morgan fingerprint density at radius 1 is 1.36 bits per heavy atom. The van der Waals surface area contributed by atoms with Crippen molar-refractivity contribution in [3.8, 4) is 0 Å². The molecule has 0 spiro atoms. The van der Waals surface area contributed by atoms with Gasteiger partial charge in [0.1, 0.15) is 12.4 Å². The van der Waals surface area contributed by atoms with Gasteiger partial charge in [0.05, 0.1) is 0 Å². The van der Waals surface area contributed by atoms with Crippen molar-refractivity contribution in [1.29, 1.82) is 0 Å². The summed E-state index contributed by atoms with van der Waals surface area (Å²) < 4.78 is 5.61. The molecule has 0 saturated heterocycles. The number of rotatable bonds is 6. The molecule has 0 saturated carbocycles. The molecule has 0 atom stereocenters. The van der Waals surface area contributed by atoms with Crippen molar-refractivity contribution in [2.75, 3.05) is 6.54 Å². The molecular formula is C17H20BrN5OS. The van der Waals surface area contributed by atoms with Crippen LogP contribution in [-0.4, -0.2) is 31.8 Å². The third-order valence-corrected chi connectivity index (χ3v) is 5.59. The van der Waals surface area contributed by atoms with E-state index in [0.29, 0.717) is 24.3 Å². The van der Waals surface area contributed by atoms with Gasteiger partial charge in [0.25, 0.3) is 0 Å². The minimum Gasteiger partial charge on any atom is -0.354 e. The number of nitrogens with one attached hydrogen (secondary N) is 2. The highest BCUT2D eigenvalue weighted by Crippen LogP contribution is 2.30. The number of aromatic amines is 1. The van der Waals surface area contributed by atoms with Crippen LogP contribution in [0.5, 0.6) is 0 Å². The summed E-state index contributed by atoms with van der Waals surface area (Å²) in [6.45, 7) is 5.61. The van der Waals surface area contributed by atoms with Gasteiger partial charge in [0, 0.05) is 40.6 Å². The normalized spacial score (nSPS) is 11.2. The third-order valence-electron chi connectivity index (χ3n) is 4.28. The summed E-state index contributed by atoms with van der Waals surface area (Å²) in [4.78, 5) is 12.4. The van der Waals surface area contributed by atoms with Gasteiger partial charge in [-0.2, -0.15) is 5.10 Å². The number of aromatic nitrogens is 4. The van der Waals surface area contributed by atoms with E-state index < -0.39 is 0 Å². The van der Waals surface area contributed by atoms with Crippen LogP contribution >= 0.6 is 28.1 Å². The monoisotopic (exact) mass is 421 g/mol. The average molecular weight is 422 g/mol. The number of carbonyl (C=O) groups is 1. The first-order valence-electron chi connectivity index (χ1n) is 8.17. The maximum absolute atomic E-state index is 12.4. The Morgan fingerprint density at radius 3 is 2.88 bits per heavy atom. The first-order valence-corrected chi connectivity index (χ1v) is 9.37. The van der Waals surface area contributed by atoms with Crippen LogP contribution in [0.1, 0.15) is 18.4 Å². The van der Waals surface area contributed by atoms with Crippen molar-refractivity contribution in [1.82, 2.24) is 24.6 Å². The molecule has 0 aliphatic heterocycles. The Kier molecular flexibility index (Phi) is 5.39. The van der Waals surface area contributed by atoms with Crippen LogP contribution in [-0.2, 0) is 24.3 Å². The van der Waals surface area contributed by atoms with E-state index in [4.69, 9.17) is 12.2 Å². The van der Waals surface area contributed by atoms with Crippen LogP contribution in [0.4, 0.5) is 0 Å². The molecule has 1 aromatic carbocycles. The van der Waals surface area contributed by atoms with Gasteiger partial charge < -0.3 is 14.5 Å². The molecule has 0 unspecified atom stereocenters. The SMILES string of the molecule is CCn1c(CCNC(=O)Cn2c(C)c(Br)c3ccccc32)n[nH]c1=S. The molecule has 8 heteroatoms. The number of fused-ring (bicyclic) bond motifs is 1. The molecular weight excluding hydrogens is 402 g/mol. The maximum Gasteiger partial charge on any atom is 0.239 e. The fourth-order valence-corrected chi connectivity index (χ4v) is 3.80. The van der Waals surface area contributed by atoms with Gasteiger partial charge in [0.2, 0.25) is 5.91 Å². The highest BCUT2D eigenvalue weighted by molar-refractivity contribution is 9.10. The number of hydrogen-bond acceptors (Lipinski definition) is 3. The second-order valence-corrected chi connectivity index (χ2v) is 6.97. The van der Waals surface area contributed by atoms with Crippen LogP contribution in [0.15, 0.2) is 28.7 Å². The summed E-state index contributed by atoms with van der Waals surface area (Å²) >= 11 is 8.79. The summed E-state index contributed by atoms with van der Waals surface area (Å²) in [6.07, 6.45) is 0.641. The Hall–Kier alpha value is -1.93. The summed E-state index contributed by atoms with van der Waals surface area (Å²) in [7, 11) is 0. The number of hydrogen-bond donors (Lipinski definition) is 2. The molecule has 132 valence electrons. The predicted molar refractivity (Wildman–Crippen MR) is 104 cm³/mol. The van der Waals surface area contributed by atoms with Crippen LogP contribution < -0.4 is 5.32 Å². The van der Waals surface area contributed by atoms with Gasteiger partial charge >= 0.3 is 0 Å². The van der Waals surface area contributed by atoms with Crippen LogP contribution in [0, 0.1) is 11.7 Å². The zero-order valence-electron chi connectivity index (χ0n) is 14.2. The second-order valence-electron chi connectivity index (χ2n) is 5.79. The smallest absolute Gasteiger partial charge is 0.239 e. The molecule has 0 bridgehead atoms. The highest BCUT2D eigenvalue weighted by Gasteiger charge is 2.14. The lowest BCUT2D eigenvalue weighted by atomic mass is 10.2. The van der Waals surface area contributed by atoms with Gasteiger partial charge in [-0.15, -0.1) is 0 Å². The van der Waals surface area contributed by atoms with E-state index in [0.717, 1.165) is 33.4 Å². The van der Waals surface area contributed by atoms with E-state index in [-0.39, 0.29) is 5.91 Å². The molecule has 2 heterocycles. The fraction of sp³-hybridized carbons (Fsp3) is 0.353. The van der Waals surface area contributed by atoms with Crippen molar-refractivity contribution in [3.63, 3.8) is 0 Å². The number of halogens is 1. The Balaban J connectivity index is 1.65. The largest absolute Gasteiger partial charge is 0.354 e. The number of para-hydroxylation sites is 1. The molecule has 0 radical (unpaired) electrons. The zero-order valence-corrected chi connectivity index (χ0v) is 16.6. The summed E-state index contributed by atoms with van der Waals surface area (Å²) in [5.41, 5.74) is 2.09. The van der Waals surface area contributed by atoms with Crippen LogP contribution in [0.2, 0.25) is 0 Å². The van der Waals surface area contributed by atoms with E-state index in [2.05, 4.69) is 31.4 Å². The van der Waals surface area contributed by atoms with Crippen molar-refractivity contribution >= 4 is 45.0 Å². The lowest BCUT2D eigenvalue weighted by molar-refractivity contribution is -0.121. The average Bonchev–Trinajstić information content (AvgIpc) is 3.08. The first kappa shape index (κ1) is 17.9. The first-order chi connectivity index (χ1) is 12.0. The fourth-order valence-electron chi connectivity index (χ4n) is 2.97. The van der Waals surface area contributed by atoms with E-state index in [9.17, 15) is 4.79 Å². The second kappa shape index (κ2) is 7.53. The van der Waals surface area contributed by atoms with Gasteiger partial charge in [-0.25, -0.2) is 0 Å². The molecule has 2 N–H and O–H groups in total. The Labute approximate surface area is 159 Å². The summed E-state index contributed by atoms with van der Waals surface area (Å²) in [5, 5.41) is 11.1. The van der Waals surface area contributed by atoms with Crippen LogP contribution in [0.3, 0.4) is 0 Å². The number of amides is 1. The van der Waals surface area contributed by atoms with E-state index in [1.165, 1.54) is 0 Å². The zero-order chi connectivity index (χ0) is 18.0. The van der Waals surface area contributed by atoms with E-state index in [1.807, 2.05) is 47.2 Å². The molecule has 0 aliphatic carbocycles.